The number of nitrogens with zero attached hydrogens (tertiary/aromatic N) is 1. The molecule has 1 amide bonds. The highest BCUT2D eigenvalue weighted by Gasteiger charge is 2.08. The normalized spacial score (nSPS) is 10.1. The van der Waals surface area contributed by atoms with Gasteiger partial charge in [0.25, 0.3) is 5.91 Å². The third-order valence-electron chi connectivity index (χ3n) is 2.66. The molecule has 1 aromatic heterocycles. The molecule has 0 atom stereocenters. The number of hydrogen-bond acceptors (Lipinski definition) is 3. The summed E-state index contributed by atoms with van der Waals surface area (Å²) in [5, 5.41) is 2.84. The molecule has 0 spiro atoms. The lowest BCUT2D eigenvalue weighted by Crippen LogP contribution is -2.14. The molecule has 0 aliphatic heterocycles. The number of anilines is 1. The Morgan fingerprint density at radius 3 is 2.72 bits per heavy atom. The van der Waals surface area contributed by atoms with Crippen LogP contribution in [0.5, 0.6) is 0 Å². The summed E-state index contributed by atoms with van der Waals surface area (Å²) in [7, 11) is 0. The second kappa shape index (κ2) is 5.42. The van der Waals surface area contributed by atoms with E-state index in [1.54, 1.807) is 12.3 Å². The quantitative estimate of drug-likeness (QED) is 0.864. The average Bonchev–Trinajstić information content (AvgIpc) is 2.40. The Balaban J connectivity index is 2.18. The van der Waals surface area contributed by atoms with Crippen molar-refractivity contribution in [1.82, 2.24) is 4.98 Å². The number of para-hydroxylation sites is 1. The van der Waals surface area contributed by atoms with Crippen LogP contribution in [-0.2, 0) is 6.54 Å². The molecular formula is C14H15N3O. The van der Waals surface area contributed by atoms with E-state index in [0.717, 1.165) is 16.9 Å². The molecule has 2 rings (SSSR count). The lowest BCUT2D eigenvalue weighted by molar-refractivity contribution is 0.102. The first kappa shape index (κ1) is 12.3. The molecule has 1 heterocycles. The standard InChI is InChI=1S/C14H15N3O/c1-10-6-7-12(9-16-10)14(18)17-13-5-3-2-4-11(13)8-15/h2-7,9H,8,15H2,1H3,(H,17,18). The van der Waals surface area contributed by atoms with Crippen LogP contribution in [0.4, 0.5) is 5.69 Å². The third kappa shape index (κ3) is 2.73. The van der Waals surface area contributed by atoms with Crippen molar-refractivity contribution in [1.29, 1.82) is 0 Å². The van der Waals surface area contributed by atoms with Gasteiger partial charge in [-0.1, -0.05) is 18.2 Å². The van der Waals surface area contributed by atoms with Gasteiger partial charge in [0.2, 0.25) is 0 Å². The van der Waals surface area contributed by atoms with Gasteiger partial charge in [-0.25, -0.2) is 0 Å². The van der Waals surface area contributed by atoms with Gasteiger partial charge in [0.05, 0.1) is 5.56 Å². The maximum Gasteiger partial charge on any atom is 0.257 e. The number of aryl methyl sites for hydroxylation is 1. The Morgan fingerprint density at radius 1 is 1.28 bits per heavy atom. The molecule has 4 heteroatoms. The molecule has 4 nitrogen and oxygen atoms in total. The van der Waals surface area contributed by atoms with Gasteiger partial charge in [-0.2, -0.15) is 0 Å². The largest absolute Gasteiger partial charge is 0.326 e. The van der Waals surface area contributed by atoms with Crippen molar-refractivity contribution in [3.63, 3.8) is 0 Å². The maximum atomic E-state index is 12.0. The second-order valence-electron chi connectivity index (χ2n) is 4.00. The number of amides is 1. The fourth-order valence-corrected chi connectivity index (χ4v) is 1.62. The van der Waals surface area contributed by atoms with Crippen molar-refractivity contribution < 1.29 is 4.79 Å². The predicted molar refractivity (Wildman–Crippen MR) is 71.3 cm³/mol. The van der Waals surface area contributed by atoms with Crippen LogP contribution in [0.25, 0.3) is 0 Å². The number of carbonyl (C=O) groups excluding carboxylic acids is 1. The fourth-order valence-electron chi connectivity index (χ4n) is 1.62. The van der Waals surface area contributed by atoms with E-state index < -0.39 is 0 Å². The number of carbonyl (C=O) groups is 1. The molecule has 0 saturated carbocycles. The first-order valence-electron chi connectivity index (χ1n) is 5.72. The van der Waals surface area contributed by atoms with Gasteiger partial charge >= 0.3 is 0 Å². The Kier molecular flexibility index (Phi) is 3.69. The smallest absolute Gasteiger partial charge is 0.257 e. The summed E-state index contributed by atoms with van der Waals surface area (Å²) >= 11 is 0. The van der Waals surface area contributed by atoms with Gasteiger partial charge in [-0.05, 0) is 30.7 Å². The van der Waals surface area contributed by atoms with Crippen molar-refractivity contribution in [2.75, 3.05) is 5.32 Å². The van der Waals surface area contributed by atoms with Crippen LogP contribution in [0.15, 0.2) is 42.6 Å². The molecule has 0 unspecified atom stereocenters. The van der Waals surface area contributed by atoms with E-state index in [9.17, 15) is 4.79 Å². The Bertz CT molecular complexity index is 549. The van der Waals surface area contributed by atoms with E-state index in [4.69, 9.17) is 5.73 Å². The fraction of sp³-hybridized carbons (Fsp3) is 0.143. The zero-order valence-corrected chi connectivity index (χ0v) is 10.2. The molecule has 0 saturated heterocycles. The monoisotopic (exact) mass is 241 g/mol. The predicted octanol–water partition coefficient (Wildman–Crippen LogP) is 2.10. The van der Waals surface area contributed by atoms with E-state index in [-0.39, 0.29) is 5.91 Å². The van der Waals surface area contributed by atoms with Crippen LogP contribution < -0.4 is 11.1 Å². The van der Waals surface area contributed by atoms with Crippen molar-refractivity contribution in [2.24, 2.45) is 5.73 Å². The van der Waals surface area contributed by atoms with Crippen LogP contribution in [0.3, 0.4) is 0 Å². The van der Waals surface area contributed by atoms with Crippen LogP contribution in [-0.4, -0.2) is 10.9 Å². The summed E-state index contributed by atoms with van der Waals surface area (Å²) in [5.41, 5.74) is 8.69. The number of pyridine rings is 1. The van der Waals surface area contributed by atoms with Crippen LogP contribution >= 0.6 is 0 Å². The first-order chi connectivity index (χ1) is 8.70. The molecule has 0 fully saturated rings. The third-order valence-corrected chi connectivity index (χ3v) is 2.66. The molecule has 0 bridgehead atoms. The van der Waals surface area contributed by atoms with E-state index >= 15 is 0 Å². The number of benzene rings is 1. The van der Waals surface area contributed by atoms with Crippen LogP contribution in [0.1, 0.15) is 21.6 Å². The van der Waals surface area contributed by atoms with E-state index in [0.29, 0.717) is 12.1 Å². The lowest BCUT2D eigenvalue weighted by atomic mass is 10.1. The molecule has 3 N–H and O–H groups in total. The SMILES string of the molecule is Cc1ccc(C(=O)Nc2ccccc2CN)cn1. The molecule has 0 aliphatic rings. The molecule has 0 aliphatic carbocycles. The van der Waals surface area contributed by atoms with E-state index in [1.165, 1.54) is 0 Å². The number of rotatable bonds is 3. The summed E-state index contributed by atoms with van der Waals surface area (Å²) in [6.45, 7) is 2.27. The van der Waals surface area contributed by atoms with Crippen molar-refractivity contribution in [3.8, 4) is 0 Å². The van der Waals surface area contributed by atoms with Crippen LogP contribution in [0.2, 0.25) is 0 Å². The number of nitrogens with one attached hydrogen (secondary N) is 1. The minimum atomic E-state index is -0.177. The number of aromatic nitrogens is 1. The van der Waals surface area contributed by atoms with Gasteiger partial charge in [0, 0.05) is 24.1 Å². The zero-order chi connectivity index (χ0) is 13.0. The summed E-state index contributed by atoms with van der Waals surface area (Å²) in [6, 6.07) is 11.0. The lowest BCUT2D eigenvalue weighted by Gasteiger charge is -2.09. The number of hydrogen-bond donors (Lipinski definition) is 2. The van der Waals surface area contributed by atoms with E-state index in [1.807, 2.05) is 37.3 Å². The van der Waals surface area contributed by atoms with Gasteiger partial charge < -0.3 is 11.1 Å². The van der Waals surface area contributed by atoms with Crippen molar-refractivity contribution in [3.05, 3.63) is 59.4 Å². The molecule has 0 radical (unpaired) electrons. The highest BCUT2D eigenvalue weighted by atomic mass is 16.1. The number of nitrogens with two attached hydrogens (primary N) is 1. The summed E-state index contributed by atoms with van der Waals surface area (Å²) < 4.78 is 0. The molecule has 1 aromatic carbocycles. The summed E-state index contributed by atoms with van der Waals surface area (Å²) in [4.78, 5) is 16.1. The van der Waals surface area contributed by atoms with Crippen molar-refractivity contribution >= 4 is 11.6 Å². The molecule has 2 aromatic rings. The minimum Gasteiger partial charge on any atom is -0.326 e. The zero-order valence-electron chi connectivity index (χ0n) is 10.2. The Morgan fingerprint density at radius 2 is 2.06 bits per heavy atom. The summed E-state index contributed by atoms with van der Waals surface area (Å²) in [6.07, 6.45) is 1.57. The highest BCUT2D eigenvalue weighted by molar-refractivity contribution is 6.04. The van der Waals surface area contributed by atoms with Crippen LogP contribution in [0, 0.1) is 6.92 Å². The Labute approximate surface area is 106 Å². The highest BCUT2D eigenvalue weighted by Crippen LogP contribution is 2.15. The van der Waals surface area contributed by atoms with E-state index in [2.05, 4.69) is 10.3 Å². The second-order valence-corrected chi connectivity index (χ2v) is 4.00. The first-order valence-corrected chi connectivity index (χ1v) is 5.72. The van der Waals surface area contributed by atoms with Crippen molar-refractivity contribution in [2.45, 2.75) is 13.5 Å². The van der Waals surface area contributed by atoms with Gasteiger partial charge in [-0.15, -0.1) is 0 Å². The Hall–Kier alpha value is -2.20. The average molecular weight is 241 g/mol. The van der Waals surface area contributed by atoms with Gasteiger partial charge in [0.1, 0.15) is 0 Å². The molecule has 18 heavy (non-hydrogen) atoms. The maximum absolute atomic E-state index is 12.0. The summed E-state index contributed by atoms with van der Waals surface area (Å²) in [5.74, 6) is -0.177. The topological polar surface area (TPSA) is 68.0 Å². The minimum absolute atomic E-state index is 0.177. The van der Waals surface area contributed by atoms with Gasteiger partial charge in [-0.3, -0.25) is 9.78 Å². The van der Waals surface area contributed by atoms with Gasteiger partial charge in [0.15, 0.2) is 0 Å². The molecular weight excluding hydrogens is 226 g/mol. The molecule has 92 valence electrons.